The van der Waals surface area contributed by atoms with Crippen molar-refractivity contribution >= 4 is 50.6 Å². The summed E-state index contributed by atoms with van der Waals surface area (Å²) >= 11 is 3.00. The summed E-state index contributed by atoms with van der Waals surface area (Å²) in [6, 6.07) is 5.26. The summed E-state index contributed by atoms with van der Waals surface area (Å²) in [6.07, 6.45) is 0. The number of anilines is 1. The van der Waals surface area contributed by atoms with Crippen LogP contribution in [0.15, 0.2) is 23.4 Å². The number of nitrogens with one attached hydrogen (secondary N) is 1. The van der Waals surface area contributed by atoms with Crippen LogP contribution < -0.4 is 14.8 Å². The molecule has 8 nitrogen and oxygen atoms in total. The number of methoxy groups -OCH3 is 2. The van der Waals surface area contributed by atoms with Crippen molar-refractivity contribution in [3.8, 4) is 11.5 Å². The molecule has 0 aliphatic carbocycles. The van der Waals surface area contributed by atoms with Crippen LogP contribution in [0.2, 0.25) is 0 Å². The predicted molar refractivity (Wildman–Crippen MR) is 129 cm³/mol. The molecule has 10 heteroatoms. The summed E-state index contributed by atoms with van der Waals surface area (Å²) in [7, 11) is 3.14. The predicted octanol–water partition coefficient (Wildman–Crippen LogP) is 4.83. The van der Waals surface area contributed by atoms with Gasteiger partial charge in [0.1, 0.15) is 22.2 Å². The topological polar surface area (TPSA) is 90.6 Å². The number of ether oxygens (including phenoxy) is 2. The highest BCUT2D eigenvalue weighted by molar-refractivity contribution is 7.99. The molecular weight excluding hydrogens is 446 g/mol. The minimum atomic E-state index is -0.180. The van der Waals surface area contributed by atoms with Gasteiger partial charge in [-0.15, -0.1) is 21.5 Å². The lowest BCUT2D eigenvalue weighted by Crippen LogP contribution is -2.15. The largest absolute Gasteiger partial charge is 0.497 e. The van der Waals surface area contributed by atoms with E-state index < -0.39 is 0 Å². The second-order valence-electron chi connectivity index (χ2n) is 7.63. The Balaban J connectivity index is 1.63. The fraction of sp³-hybridized carbons (Fsp3) is 0.364. The van der Waals surface area contributed by atoms with Crippen LogP contribution in [0.3, 0.4) is 0 Å². The van der Waals surface area contributed by atoms with Gasteiger partial charge in [-0.05, 0) is 31.5 Å². The van der Waals surface area contributed by atoms with Gasteiger partial charge in [0.05, 0.1) is 31.0 Å². The van der Waals surface area contributed by atoms with Crippen molar-refractivity contribution in [1.82, 2.24) is 19.6 Å². The van der Waals surface area contributed by atoms with E-state index in [-0.39, 0.29) is 17.6 Å². The number of rotatable bonds is 7. The maximum Gasteiger partial charge on any atom is 0.234 e. The summed E-state index contributed by atoms with van der Waals surface area (Å²) in [4.78, 5) is 19.8. The number of thioether (sulfide) groups is 1. The fourth-order valence-corrected chi connectivity index (χ4v) is 5.22. The van der Waals surface area contributed by atoms with Crippen LogP contribution in [0, 0.1) is 13.8 Å². The molecule has 3 heterocycles. The van der Waals surface area contributed by atoms with Gasteiger partial charge in [0.25, 0.3) is 0 Å². The fourth-order valence-electron chi connectivity index (χ4n) is 3.45. The van der Waals surface area contributed by atoms with Crippen molar-refractivity contribution in [2.24, 2.45) is 0 Å². The van der Waals surface area contributed by atoms with E-state index in [2.05, 4.69) is 43.2 Å². The van der Waals surface area contributed by atoms with Crippen molar-refractivity contribution in [1.29, 1.82) is 0 Å². The smallest absolute Gasteiger partial charge is 0.234 e. The Labute approximate surface area is 194 Å². The van der Waals surface area contributed by atoms with Crippen LogP contribution in [0.1, 0.15) is 36.0 Å². The third-order valence-corrected chi connectivity index (χ3v) is 7.23. The molecule has 0 radical (unpaired) electrons. The van der Waals surface area contributed by atoms with E-state index in [4.69, 9.17) is 14.5 Å². The number of amides is 1. The standard InChI is InChI=1S/C22H25N5O3S2/c1-11(2)19-24-21-18(12(3)13(4)32-21)20-25-26-22(27(19)20)31-10-17(28)23-15-9-14(29-5)7-8-16(15)30-6/h7-9,11H,10H2,1-6H3,(H,23,28). The maximum atomic E-state index is 12.7. The molecule has 0 aliphatic heterocycles. The number of fused-ring (bicyclic) bond motifs is 3. The van der Waals surface area contributed by atoms with Crippen molar-refractivity contribution in [2.75, 3.05) is 25.3 Å². The Kier molecular flexibility index (Phi) is 6.25. The van der Waals surface area contributed by atoms with Gasteiger partial charge in [0.15, 0.2) is 10.8 Å². The summed E-state index contributed by atoms with van der Waals surface area (Å²) in [5.41, 5.74) is 2.52. The van der Waals surface area contributed by atoms with Gasteiger partial charge >= 0.3 is 0 Å². The number of carbonyl (C=O) groups excluding carboxylic acids is 1. The molecule has 0 saturated heterocycles. The summed E-state index contributed by atoms with van der Waals surface area (Å²) in [6.45, 7) is 8.37. The molecule has 1 amide bonds. The molecule has 1 N–H and O–H groups in total. The molecule has 4 aromatic rings. The van der Waals surface area contributed by atoms with Crippen LogP contribution >= 0.6 is 23.1 Å². The molecule has 0 atom stereocenters. The quantitative estimate of drug-likeness (QED) is 0.386. The van der Waals surface area contributed by atoms with E-state index in [0.29, 0.717) is 22.3 Å². The van der Waals surface area contributed by atoms with Gasteiger partial charge < -0.3 is 14.8 Å². The van der Waals surface area contributed by atoms with Crippen molar-refractivity contribution < 1.29 is 14.3 Å². The molecule has 0 unspecified atom stereocenters. The third-order valence-electron chi connectivity index (χ3n) is 5.20. The van der Waals surface area contributed by atoms with Gasteiger partial charge in [-0.1, -0.05) is 25.6 Å². The van der Waals surface area contributed by atoms with E-state index >= 15 is 0 Å². The van der Waals surface area contributed by atoms with Crippen molar-refractivity contribution in [3.05, 3.63) is 34.5 Å². The minimum absolute atomic E-state index is 0.165. The first-order valence-corrected chi connectivity index (χ1v) is 11.9. The summed E-state index contributed by atoms with van der Waals surface area (Å²) < 4.78 is 12.6. The van der Waals surface area contributed by atoms with E-state index in [0.717, 1.165) is 21.7 Å². The lowest BCUT2D eigenvalue weighted by atomic mass is 10.2. The number of carbonyl (C=O) groups is 1. The van der Waals surface area contributed by atoms with Crippen LogP contribution in [0.5, 0.6) is 11.5 Å². The molecule has 0 bridgehead atoms. The zero-order chi connectivity index (χ0) is 23.0. The Morgan fingerprint density at radius 3 is 2.69 bits per heavy atom. The molecule has 168 valence electrons. The van der Waals surface area contributed by atoms with Gasteiger partial charge in [-0.3, -0.25) is 9.20 Å². The lowest BCUT2D eigenvalue weighted by molar-refractivity contribution is -0.113. The maximum absolute atomic E-state index is 12.7. The van der Waals surface area contributed by atoms with E-state index in [1.807, 2.05) is 4.40 Å². The number of thiophene rings is 1. The number of aryl methyl sites for hydroxylation is 2. The Hall–Kier alpha value is -2.85. The molecule has 3 aromatic heterocycles. The molecule has 1 aromatic carbocycles. The summed E-state index contributed by atoms with van der Waals surface area (Å²) in [5.74, 6) is 2.24. The number of hydrogen-bond donors (Lipinski definition) is 1. The molecule has 4 rings (SSSR count). The number of benzene rings is 1. The average molecular weight is 472 g/mol. The van der Waals surface area contributed by atoms with Crippen LogP contribution in [0.25, 0.3) is 15.9 Å². The van der Waals surface area contributed by atoms with Gasteiger partial charge in [0.2, 0.25) is 5.91 Å². The number of aromatic nitrogens is 4. The SMILES string of the molecule is COc1ccc(OC)c(NC(=O)CSc2nnc3c4c(C)c(C)sc4nc(C(C)C)n23)c1. The highest BCUT2D eigenvalue weighted by atomic mass is 32.2. The average Bonchev–Trinajstić information content (AvgIpc) is 3.32. The highest BCUT2D eigenvalue weighted by Crippen LogP contribution is 2.35. The van der Waals surface area contributed by atoms with Gasteiger partial charge in [-0.2, -0.15) is 0 Å². The zero-order valence-corrected chi connectivity index (χ0v) is 20.5. The lowest BCUT2D eigenvalue weighted by Gasteiger charge is -2.12. The molecule has 0 fully saturated rings. The summed E-state index contributed by atoms with van der Waals surface area (Å²) in [5, 5.41) is 13.4. The minimum Gasteiger partial charge on any atom is -0.497 e. The zero-order valence-electron chi connectivity index (χ0n) is 18.8. The molecule has 0 aliphatic rings. The Morgan fingerprint density at radius 1 is 1.22 bits per heavy atom. The first-order chi connectivity index (χ1) is 15.3. The highest BCUT2D eigenvalue weighted by Gasteiger charge is 2.21. The van der Waals surface area contributed by atoms with E-state index in [9.17, 15) is 4.79 Å². The second-order valence-corrected chi connectivity index (χ2v) is 9.78. The van der Waals surface area contributed by atoms with Crippen molar-refractivity contribution in [3.63, 3.8) is 0 Å². The van der Waals surface area contributed by atoms with E-state index in [1.165, 1.54) is 22.2 Å². The number of nitrogens with zero attached hydrogens (tertiary/aromatic N) is 4. The first kappa shape index (κ1) is 22.3. The van der Waals surface area contributed by atoms with E-state index in [1.54, 1.807) is 43.8 Å². The molecule has 0 saturated carbocycles. The molecule has 0 spiro atoms. The Morgan fingerprint density at radius 2 is 2.00 bits per heavy atom. The normalized spacial score (nSPS) is 11.5. The van der Waals surface area contributed by atoms with Gasteiger partial charge in [0, 0.05) is 16.9 Å². The monoisotopic (exact) mass is 471 g/mol. The van der Waals surface area contributed by atoms with Crippen LogP contribution in [-0.2, 0) is 4.79 Å². The second kappa shape index (κ2) is 8.95. The van der Waals surface area contributed by atoms with Crippen LogP contribution in [0.4, 0.5) is 5.69 Å². The van der Waals surface area contributed by atoms with Crippen molar-refractivity contribution in [2.45, 2.75) is 38.8 Å². The number of hydrogen-bond acceptors (Lipinski definition) is 8. The Bertz CT molecular complexity index is 1310. The molecular formula is C22H25N5O3S2. The van der Waals surface area contributed by atoms with Gasteiger partial charge in [-0.25, -0.2) is 4.98 Å². The third kappa shape index (κ3) is 4.00. The first-order valence-electron chi connectivity index (χ1n) is 10.1. The van der Waals surface area contributed by atoms with Crippen LogP contribution in [-0.4, -0.2) is 45.5 Å². The molecule has 32 heavy (non-hydrogen) atoms.